The Bertz CT molecular complexity index is 683. The van der Waals surface area contributed by atoms with E-state index < -0.39 is 0 Å². The van der Waals surface area contributed by atoms with Crippen LogP contribution >= 0.6 is 35.6 Å². The van der Waals surface area contributed by atoms with E-state index in [1.165, 1.54) is 18.9 Å². The summed E-state index contributed by atoms with van der Waals surface area (Å²) in [4.78, 5) is 12.1. The van der Waals surface area contributed by atoms with Crippen molar-refractivity contribution in [1.82, 2.24) is 5.32 Å². The summed E-state index contributed by atoms with van der Waals surface area (Å²) in [6.07, 6.45) is 1.64. The van der Waals surface area contributed by atoms with E-state index in [0.29, 0.717) is 31.3 Å². The lowest BCUT2D eigenvalue weighted by atomic mass is 10.2. The van der Waals surface area contributed by atoms with Gasteiger partial charge in [-0.2, -0.15) is 5.26 Å². The van der Waals surface area contributed by atoms with Crippen LogP contribution in [0.1, 0.15) is 5.56 Å². The predicted octanol–water partition coefficient (Wildman–Crippen LogP) is 2.74. The number of carbonyl (C=O) groups excluding carboxylic acids is 1. The number of hydrogen-bond donors (Lipinski definition) is 1. The second-order valence-electron chi connectivity index (χ2n) is 3.83. The maximum absolute atomic E-state index is 11.6. The van der Waals surface area contributed by atoms with E-state index in [-0.39, 0.29) is 12.5 Å². The van der Waals surface area contributed by atoms with Crippen molar-refractivity contribution >= 4 is 51.9 Å². The van der Waals surface area contributed by atoms with Crippen molar-refractivity contribution in [3.05, 3.63) is 27.6 Å². The number of thioether (sulfide) groups is 1. The fourth-order valence-corrected chi connectivity index (χ4v) is 3.00. The highest BCUT2D eigenvalue weighted by molar-refractivity contribution is 8.26. The Balaban J connectivity index is 2.39. The maximum Gasteiger partial charge on any atom is 0.263 e. The zero-order valence-corrected chi connectivity index (χ0v) is 13.2. The Kier molecular flexibility index (Phi) is 5.07. The first-order valence-corrected chi connectivity index (χ1v) is 7.27. The molecule has 5 nitrogen and oxygen atoms in total. The molecule has 0 radical (unpaired) electrons. The molecule has 0 atom stereocenters. The lowest BCUT2D eigenvalue weighted by molar-refractivity contribution is -0.115. The topological polar surface area (TPSA) is 71.3 Å². The lowest BCUT2D eigenvalue weighted by Gasteiger charge is -2.11. The van der Waals surface area contributed by atoms with Gasteiger partial charge >= 0.3 is 0 Å². The van der Waals surface area contributed by atoms with Gasteiger partial charge in [-0.25, -0.2) is 0 Å². The molecule has 1 aromatic rings. The molecule has 0 unspecified atom stereocenters. The molecule has 1 amide bonds. The fraction of sp³-hybridized carbons (Fsp3) is 0.154. The summed E-state index contributed by atoms with van der Waals surface area (Å²) < 4.78 is 10.8. The Morgan fingerprint density at radius 2 is 2.33 bits per heavy atom. The molecule has 1 heterocycles. The smallest absolute Gasteiger partial charge is 0.263 e. The van der Waals surface area contributed by atoms with Gasteiger partial charge in [0.25, 0.3) is 5.91 Å². The third-order valence-corrected chi connectivity index (χ3v) is 3.91. The number of nitriles is 1. The summed E-state index contributed by atoms with van der Waals surface area (Å²) in [5.41, 5.74) is 0.649. The molecule has 0 saturated carbocycles. The SMILES string of the molecule is COc1c(Cl)cc(C=C2SC(=S)NC2=O)cc1OCC#N. The number of amides is 1. The summed E-state index contributed by atoms with van der Waals surface area (Å²) in [6, 6.07) is 5.15. The zero-order chi connectivity index (χ0) is 15.4. The van der Waals surface area contributed by atoms with Crippen LogP contribution in [0.15, 0.2) is 17.0 Å². The van der Waals surface area contributed by atoms with Crippen LogP contribution in [0.4, 0.5) is 0 Å². The summed E-state index contributed by atoms with van der Waals surface area (Å²) in [5, 5.41) is 11.4. The van der Waals surface area contributed by atoms with Crippen molar-refractivity contribution < 1.29 is 14.3 Å². The quantitative estimate of drug-likeness (QED) is 0.671. The minimum absolute atomic E-state index is 0.133. The summed E-state index contributed by atoms with van der Waals surface area (Å²) in [7, 11) is 1.46. The third-order valence-electron chi connectivity index (χ3n) is 2.47. The molecule has 21 heavy (non-hydrogen) atoms. The molecule has 2 rings (SSSR count). The van der Waals surface area contributed by atoms with Gasteiger partial charge in [0.15, 0.2) is 18.1 Å². The first kappa shape index (κ1) is 15.6. The first-order valence-electron chi connectivity index (χ1n) is 5.67. The number of thiocarbonyl (C=S) groups is 1. The highest BCUT2D eigenvalue weighted by Crippen LogP contribution is 2.37. The van der Waals surface area contributed by atoms with Gasteiger partial charge in [0.1, 0.15) is 10.4 Å². The Morgan fingerprint density at radius 1 is 1.57 bits per heavy atom. The van der Waals surface area contributed by atoms with Crippen molar-refractivity contribution in [2.24, 2.45) is 0 Å². The monoisotopic (exact) mass is 340 g/mol. The molecule has 1 fully saturated rings. The molecular formula is C13H9ClN2O3S2. The minimum Gasteiger partial charge on any atom is -0.491 e. The fourth-order valence-electron chi connectivity index (χ4n) is 1.66. The minimum atomic E-state index is -0.253. The predicted molar refractivity (Wildman–Crippen MR) is 85.4 cm³/mol. The second kappa shape index (κ2) is 6.80. The van der Waals surface area contributed by atoms with Gasteiger partial charge in [-0.1, -0.05) is 35.6 Å². The zero-order valence-electron chi connectivity index (χ0n) is 10.8. The molecule has 1 aliphatic heterocycles. The number of benzene rings is 1. The Hall–Kier alpha value is -1.75. The molecule has 1 aromatic carbocycles. The van der Waals surface area contributed by atoms with Crippen LogP contribution in [0.25, 0.3) is 6.08 Å². The van der Waals surface area contributed by atoms with E-state index in [1.807, 2.05) is 6.07 Å². The van der Waals surface area contributed by atoms with Crippen LogP contribution in [-0.4, -0.2) is 23.9 Å². The van der Waals surface area contributed by atoms with Crippen molar-refractivity contribution in [3.63, 3.8) is 0 Å². The summed E-state index contributed by atoms with van der Waals surface area (Å²) >= 11 is 12.2. The highest BCUT2D eigenvalue weighted by Gasteiger charge is 2.22. The van der Waals surface area contributed by atoms with E-state index >= 15 is 0 Å². The number of rotatable bonds is 4. The van der Waals surface area contributed by atoms with Crippen LogP contribution < -0.4 is 14.8 Å². The van der Waals surface area contributed by atoms with Crippen molar-refractivity contribution in [1.29, 1.82) is 5.26 Å². The van der Waals surface area contributed by atoms with Gasteiger partial charge in [0, 0.05) is 0 Å². The molecular weight excluding hydrogens is 332 g/mol. The first-order chi connectivity index (χ1) is 10.0. The Labute approximate surface area is 135 Å². The third kappa shape index (κ3) is 3.67. The van der Waals surface area contributed by atoms with Gasteiger partial charge in [-0.05, 0) is 23.8 Å². The van der Waals surface area contributed by atoms with Crippen LogP contribution in [0.5, 0.6) is 11.5 Å². The van der Waals surface area contributed by atoms with E-state index in [2.05, 4.69) is 5.32 Å². The number of halogens is 1. The van der Waals surface area contributed by atoms with Gasteiger partial charge in [0.05, 0.1) is 17.0 Å². The second-order valence-corrected chi connectivity index (χ2v) is 5.96. The molecule has 8 heteroatoms. The molecule has 1 saturated heterocycles. The maximum atomic E-state index is 11.6. The molecule has 0 aromatic heterocycles. The molecule has 0 aliphatic carbocycles. The largest absolute Gasteiger partial charge is 0.491 e. The number of hydrogen-bond acceptors (Lipinski definition) is 6. The number of ether oxygens (including phenoxy) is 2. The molecule has 1 N–H and O–H groups in total. The molecule has 108 valence electrons. The van der Waals surface area contributed by atoms with E-state index in [0.717, 1.165) is 0 Å². The van der Waals surface area contributed by atoms with Crippen LogP contribution in [0.3, 0.4) is 0 Å². The van der Waals surface area contributed by atoms with Gasteiger partial charge < -0.3 is 14.8 Å². The van der Waals surface area contributed by atoms with Gasteiger partial charge in [-0.15, -0.1) is 0 Å². The van der Waals surface area contributed by atoms with Crippen molar-refractivity contribution in [2.75, 3.05) is 13.7 Å². The van der Waals surface area contributed by atoms with Crippen molar-refractivity contribution in [3.8, 4) is 17.6 Å². The van der Waals surface area contributed by atoms with E-state index in [1.54, 1.807) is 18.2 Å². The lowest BCUT2D eigenvalue weighted by Crippen LogP contribution is -2.17. The molecule has 0 bridgehead atoms. The van der Waals surface area contributed by atoms with Crippen LogP contribution in [0.2, 0.25) is 5.02 Å². The molecule has 1 aliphatic rings. The molecule has 0 spiro atoms. The van der Waals surface area contributed by atoms with Gasteiger partial charge in [0.2, 0.25) is 0 Å². The number of methoxy groups -OCH3 is 1. The summed E-state index contributed by atoms with van der Waals surface area (Å²) in [6.45, 7) is -0.133. The standard InChI is InChI=1S/C13H9ClN2O3S2/c1-18-11-8(14)4-7(5-9(11)19-3-2-15)6-10-12(17)16-13(20)21-10/h4-6H,3H2,1H3,(H,16,17,20). The summed E-state index contributed by atoms with van der Waals surface area (Å²) in [5.74, 6) is 0.425. The van der Waals surface area contributed by atoms with Crippen molar-refractivity contribution in [2.45, 2.75) is 0 Å². The van der Waals surface area contributed by atoms with E-state index in [4.69, 9.17) is 38.6 Å². The number of carbonyl (C=O) groups is 1. The van der Waals surface area contributed by atoms with Crippen LogP contribution in [0, 0.1) is 11.3 Å². The van der Waals surface area contributed by atoms with Crippen LogP contribution in [-0.2, 0) is 4.79 Å². The normalized spacial score (nSPS) is 15.8. The van der Waals surface area contributed by atoms with E-state index in [9.17, 15) is 4.79 Å². The average molecular weight is 341 g/mol. The Morgan fingerprint density at radius 3 is 2.90 bits per heavy atom. The average Bonchev–Trinajstić information content (AvgIpc) is 2.74. The highest BCUT2D eigenvalue weighted by atomic mass is 35.5. The number of nitrogens with one attached hydrogen (secondary N) is 1. The van der Waals surface area contributed by atoms with Gasteiger partial charge in [-0.3, -0.25) is 4.79 Å². The number of nitrogens with zero attached hydrogens (tertiary/aromatic N) is 1.